The highest BCUT2D eigenvalue weighted by atomic mass is 16.6. The molecule has 6 aliphatic rings. The van der Waals surface area contributed by atoms with Crippen LogP contribution in [0.25, 0.3) is 0 Å². The van der Waals surface area contributed by atoms with E-state index in [0.717, 1.165) is 38.5 Å². The number of ether oxygens (including phenoxy) is 2. The van der Waals surface area contributed by atoms with Gasteiger partial charge in [0.2, 0.25) is 0 Å². The maximum Gasteiger partial charge on any atom is 0.317 e. The Morgan fingerprint density at radius 3 is 1.46 bits per heavy atom. The Morgan fingerprint density at radius 1 is 0.708 bits per heavy atom. The molecule has 0 aromatic rings. The molecule has 6 nitrogen and oxygen atoms in total. The average Bonchev–Trinajstić information content (AvgIpc) is 2.99. The maximum absolute atomic E-state index is 12.3. The Morgan fingerprint density at radius 2 is 1.12 bits per heavy atom. The summed E-state index contributed by atoms with van der Waals surface area (Å²) in [5.41, 5.74) is -0.474. The Kier molecular flexibility index (Phi) is 2.72. The first kappa shape index (κ1) is 14.6. The number of carbonyl (C=O) groups is 4. The molecule has 2 heterocycles. The molecule has 0 aromatic heterocycles. The van der Waals surface area contributed by atoms with Crippen LogP contribution in [-0.2, 0) is 28.7 Å². The summed E-state index contributed by atoms with van der Waals surface area (Å²) in [6.45, 7) is 0. The standard InChI is InChI=1S/C18H20O6/c19-13-2-11(15(21)23-13)17-4-9-1-10(5-17)7-18(6-9,8-17)12-3-14(20)24-16(12)22/h9-12H,1-8H2. The third-order valence-corrected chi connectivity index (χ3v) is 7.37. The van der Waals surface area contributed by atoms with Crippen molar-refractivity contribution in [1.82, 2.24) is 0 Å². The Balaban J connectivity index is 1.53. The molecule has 4 aliphatic carbocycles. The van der Waals surface area contributed by atoms with Gasteiger partial charge in [0.05, 0.1) is 24.7 Å². The summed E-state index contributed by atoms with van der Waals surface area (Å²) in [6.07, 6.45) is 5.97. The number of hydrogen-bond acceptors (Lipinski definition) is 6. The van der Waals surface area contributed by atoms with Gasteiger partial charge in [0, 0.05) is 0 Å². The van der Waals surface area contributed by atoms with Crippen LogP contribution in [0.15, 0.2) is 0 Å². The molecule has 2 saturated heterocycles. The van der Waals surface area contributed by atoms with E-state index in [1.807, 2.05) is 0 Å². The van der Waals surface area contributed by atoms with E-state index in [0.29, 0.717) is 11.8 Å². The van der Waals surface area contributed by atoms with Gasteiger partial charge in [-0.15, -0.1) is 0 Å². The number of esters is 4. The predicted octanol–water partition coefficient (Wildman–Crippen LogP) is 1.75. The van der Waals surface area contributed by atoms with Gasteiger partial charge >= 0.3 is 23.9 Å². The zero-order chi connectivity index (χ0) is 16.7. The molecule has 6 fully saturated rings. The van der Waals surface area contributed by atoms with Crippen molar-refractivity contribution >= 4 is 23.9 Å². The van der Waals surface area contributed by atoms with Crippen LogP contribution in [0.4, 0.5) is 0 Å². The van der Waals surface area contributed by atoms with Crippen molar-refractivity contribution in [1.29, 1.82) is 0 Å². The molecule has 2 atom stereocenters. The lowest BCUT2D eigenvalue weighted by molar-refractivity contribution is -0.177. The normalized spacial score (nSPS) is 49.7. The molecule has 0 amide bonds. The maximum atomic E-state index is 12.3. The van der Waals surface area contributed by atoms with Crippen molar-refractivity contribution in [3.05, 3.63) is 0 Å². The first-order valence-electron chi connectivity index (χ1n) is 8.88. The van der Waals surface area contributed by atoms with Crippen molar-refractivity contribution in [2.75, 3.05) is 0 Å². The predicted molar refractivity (Wildman–Crippen MR) is 78.0 cm³/mol. The van der Waals surface area contributed by atoms with Gasteiger partial charge in [0.25, 0.3) is 0 Å². The average molecular weight is 332 g/mol. The van der Waals surface area contributed by atoms with E-state index in [1.165, 1.54) is 0 Å². The van der Waals surface area contributed by atoms with Crippen molar-refractivity contribution in [2.24, 2.45) is 34.5 Å². The quantitative estimate of drug-likeness (QED) is 0.565. The van der Waals surface area contributed by atoms with Crippen LogP contribution in [0, 0.1) is 34.5 Å². The van der Waals surface area contributed by atoms with E-state index in [2.05, 4.69) is 0 Å². The van der Waals surface area contributed by atoms with Crippen molar-refractivity contribution in [3.63, 3.8) is 0 Å². The van der Waals surface area contributed by atoms with Crippen molar-refractivity contribution in [2.45, 2.75) is 51.4 Å². The summed E-state index contributed by atoms with van der Waals surface area (Å²) < 4.78 is 9.67. The molecule has 0 spiro atoms. The molecule has 0 radical (unpaired) electrons. The lowest BCUT2D eigenvalue weighted by atomic mass is 9.39. The van der Waals surface area contributed by atoms with E-state index >= 15 is 0 Å². The van der Waals surface area contributed by atoms with E-state index < -0.39 is 11.9 Å². The van der Waals surface area contributed by atoms with E-state index in [4.69, 9.17) is 9.47 Å². The van der Waals surface area contributed by atoms with Gasteiger partial charge < -0.3 is 9.47 Å². The molecule has 6 heteroatoms. The summed E-state index contributed by atoms with van der Waals surface area (Å²) >= 11 is 0. The third kappa shape index (κ3) is 1.82. The van der Waals surface area contributed by atoms with Crippen LogP contribution in [0.1, 0.15) is 51.4 Å². The van der Waals surface area contributed by atoms with Crippen LogP contribution in [0.3, 0.4) is 0 Å². The molecule has 128 valence electrons. The Labute approximate surface area is 139 Å². The molecule has 24 heavy (non-hydrogen) atoms. The number of rotatable bonds is 2. The van der Waals surface area contributed by atoms with Gasteiger partial charge in [-0.3, -0.25) is 19.2 Å². The van der Waals surface area contributed by atoms with Gasteiger partial charge in [0.1, 0.15) is 0 Å². The lowest BCUT2D eigenvalue weighted by Crippen LogP contribution is -2.58. The van der Waals surface area contributed by atoms with Gasteiger partial charge in [-0.1, -0.05) is 0 Å². The van der Waals surface area contributed by atoms with Gasteiger partial charge in [0.15, 0.2) is 0 Å². The second kappa shape index (κ2) is 4.46. The van der Waals surface area contributed by atoms with Crippen LogP contribution in [-0.4, -0.2) is 23.9 Å². The summed E-state index contributed by atoms with van der Waals surface area (Å²) in [6, 6.07) is 0. The number of hydrogen-bond donors (Lipinski definition) is 0. The lowest BCUT2D eigenvalue weighted by Gasteiger charge is -2.64. The van der Waals surface area contributed by atoms with Gasteiger partial charge in [-0.05, 0) is 61.2 Å². The van der Waals surface area contributed by atoms with Crippen LogP contribution in [0.2, 0.25) is 0 Å². The third-order valence-electron chi connectivity index (χ3n) is 7.37. The summed E-state index contributed by atoms with van der Waals surface area (Å²) in [5, 5.41) is 0. The highest BCUT2D eigenvalue weighted by Gasteiger charge is 2.66. The topological polar surface area (TPSA) is 86.7 Å². The van der Waals surface area contributed by atoms with Crippen LogP contribution < -0.4 is 0 Å². The smallest absolute Gasteiger partial charge is 0.317 e. The van der Waals surface area contributed by atoms with Crippen LogP contribution in [0.5, 0.6) is 0 Å². The van der Waals surface area contributed by atoms with E-state index in [1.54, 1.807) is 0 Å². The number of carbonyl (C=O) groups excluding carboxylic acids is 4. The fourth-order valence-electron chi connectivity index (χ4n) is 7.10. The molecular formula is C18H20O6. The molecule has 4 bridgehead atoms. The fraction of sp³-hybridized carbons (Fsp3) is 0.778. The highest BCUT2D eigenvalue weighted by Crippen LogP contribution is 2.71. The minimum atomic E-state index is -0.426. The fourth-order valence-corrected chi connectivity index (χ4v) is 7.10. The Hall–Kier alpha value is -1.72. The minimum Gasteiger partial charge on any atom is -0.393 e. The molecule has 4 saturated carbocycles. The summed E-state index contributed by atoms with van der Waals surface area (Å²) in [4.78, 5) is 47.8. The monoisotopic (exact) mass is 332 g/mol. The van der Waals surface area contributed by atoms with E-state index in [9.17, 15) is 19.2 Å². The molecule has 2 unspecified atom stereocenters. The van der Waals surface area contributed by atoms with Gasteiger partial charge in [-0.2, -0.15) is 0 Å². The molecular weight excluding hydrogens is 312 g/mol. The summed E-state index contributed by atoms with van der Waals surface area (Å²) in [7, 11) is 0. The zero-order valence-electron chi connectivity index (χ0n) is 13.4. The first-order chi connectivity index (χ1) is 11.4. The van der Waals surface area contributed by atoms with Crippen molar-refractivity contribution < 1.29 is 28.7 Å². The molecule has 0 aromatic carbocycles. The zero-order valence-corrected chi connectivity index (χ0v) is 13.4. The minimum absolute atomic E-state index is 0.169. The number of cyclic esters (lactones) is 4. The second-order valence-electron chi connectivity index (χ2n) is 8.79. The Bertz CT molecular complexity index is 611. The summed E-state index contributed by atoms with van der Waals surface area (Å²) in [5.74, 6) is -1.43. The van der Waals surface area contributed by atoms with Crippen molar-refractivity contribution in [3.8, 4) is 0 Å². The molecule has 6 rings (SSSR count). The van der Waals surface area contributed by atoms with Gasteiger partial charge in [-0.25, -0.2) is 0 Å². The second-order valence-corrected chi connectivity index (χ2v) is 8.79. The van der Waals surface area contributed by atoms with Crippen LogP contribution >= 0.6 is 0 Å². The largest absolute Gasteiger partial charge is 0.393 e. The molecule has 2 aliphatic heterocycles. The highest BCUT2D eigenvalue weighted by molar-refractivity contribution is 5.96. The molecule has 0 N–H and O–H groups in total. The SMILES string of the molecule is O=C1CC(C23CC4CC(C2)CC(C2CC(=O)OC2=O)(C4)C3)C(=O)O1. The first-order valence-corrected chi connectivity index (χ1v) is 8.88. The van der Waals surface area contributed by atoms with E-state index in [-0.39, 0.29) is 47.4 Å².